The summed E-state index contributed by atoms with van der Waals surface area (Å²) in [5.74, 6) is -0.777. The summed E-state index contributed by atoms with van der Waals surface area (Å²) in [5.41, 5.74) is 13.1. The minimum absolute atomic E-state index is 0.171. The van der Waals surface area contributed by atoms with Crippen molar-refractivity contribution in [3.8, 4) is 0 Å². The number of fused-ring (bicyclic) bond motifs is 2. The van der Waals surface area contributed by atoms with Gasteiger partial charge in [0, 0.05) is 27.4 Å². The van der Waals surface area contributed by atoms with Crippen molar-refractivity contribution in [1.29, 1.82) is 0 Å². The van der Waals surface area contributed by atoms with Crippen LogP contribution in [0.4, 0.5) is 5.69 Å². The first-order valence-corrected chi connectivity index (χ1v) is 12.6. The molecule has 4 aromatic heterocycles. The van der Waals surface area contributed by atoms with Gasteiger partial charge in [-0.15, -0.1) is 0 Å². The van der Waals surface area contributed by atoms with Crippen LogP contribution in [0, 0.1) is 5.92 Å². The lowest BCUT2D eigenvalue weighted by molar-refractivity contribution is 0.0991. The third kappa shape index (κ3) is 5.45. The highest BCUT2D eigenvalue weighted by Gasteiger charge is 2.34. The van der Waals surface area contributed by atoms with Gasteiger partial charge in [-0.2, -0.15) is 10.2 Å². The number of rotatable bonds is 6. The molecule has 0 aromatic carbocycles. The van der Waals surface area contributed by atoms with Crippen LogP contribution in [0.3, 0.4) is 0 Å². The Balaban J connectivity index is 0.000000179. The van der Waals surface area contributed by atoms with E-state index in [4.69, 9.17) is 23.1 Å². The summed E-state index contributed by atoms with van der Waals surface area (Å²) in [7, 11) is 0. The van der Waals surface area contributed by atoms with E-state index in [0.29, 0.717) is 27.7 Å². The van der Waals surface area contributed by atoms with Crippen molar-refractivity contribution in [1.82, 2.24) is 19.2 Å². The molecule has 6 N–H and O–H groups in total. The van der Waals surface area contributed by atoms with Crippen LogP contribution >= 0.6 is 43.5 Å². The molecule has 0 spiro atoms. The zero-order valence-electron chi connectivity index (χ0n) is 18.5. The fourth-order valence-electron chi connectivity index (χ4n) is 3.69. The van der Waals surface area contributed by atoms with E-state index < -0.39 is 17.9 Å². The number of anilines is 1. The maximum atomic E-state index is 11.6. The smallest absolute Gasteiger partial charge is 0.252 e. The average molecular weight is 628 g/mol. The number of aromatic nitrogens is 4. The van der Waals surface area contributed by atoms with E-state index in [-0.39, 0.29) is 11.6 Å². The lowest BCUT2D eigenvalue weighted by atomic mass is 10.1. The number of aliphatic hydroxyl groups is 1. The van der Waals surface area contributed by atoms with E-state index in [1.165, 1.54) is 12.4 Å². The minimum Gasteiger partial charge on any atom is -0.391 e. The van der Waals surface area contributed by atoms with E-state index in [2.05, 4.69) is 47.4 Å². The number of primary amides is 2. The number of aliphatic hydroxyl groups excluding tert-OH is 1. The molecule has 1 unspecified atom stereocenters. The van der Waals surface area contributed by atoms with Crippen LogP contribution in [0.1, 0.15) is 40.5 Å². The Morgan fingerprint density at radius 3 is 2.11 bits per heavy atom. The van der Waals surface area contributed by atoms with Gasteiger partial charge in [-0.25, -0.2) is 9.03 Å². The summed E-state index contributed by atoms with van der Waals surface area (Å²) in [4.78, 5) is 22.6. The molecule has 1 saturated carbocycles. The SMILES string of the molecule is C[C@@H](Nc1c(C(N)=O)cnn2cc(Br)cc12)C(O)C1CC1.NC(=O)c1cnn2cc(Br)cc2c1Cl. The molecule has 184 valence electrons. The lowest BCUT2D eigenvalue weighted by Gasteiger charge is -2.22. The lowest BCUT2D eigenvalue weighted by Crippen LogP contribution is -2.33. The Morgan fingerprint density at radius 1 is 1.06 bits per heavy atom. The van der Waals surface area contributed by atoms with Crippen molar-refractivity contribution >= 4 is 72.0 Å². The number of hydrogen-bond acceptors (Lipinski definition) is 6. The summed E-state index contributed by atoms with van der Waals surface area (Å²) >= 11 is 12.6. The van der Waals surface area contributed by atoms with E-state index in [0.717, 1.165) is 27.3 Å². The quantitative estimate of drug-likeness (QED) is 0.256. The van der Waals surface area contributed by atoms with Gasteiger partial charge >= 0.3 is 0 Å². The van der Waals surface area contributed by atoms with Crippen LogP contribution in [0.2, 0.25) is 5.02 Å². The number of amides is 2. The molecular weight excluding hydrogens is 606 g/mol. The summed E-state index contributed by atoms with van der Waals surface area (Å²) in [6.45, 7) is 1.91. The predicted molar refractivity (Wildman–Crippen MR) is 140 cm³/mol. The van der Waals surface area contributed by atoms with Crippen molar-refractivity contribution in [3.63, 3.8) is 0 Å². The molecule has 35 heavy (non-hydrogen) atoms. The highest BCUT2D eigenvalue weighted by Crippen LogP contribution is 2.35. The fraction of sp³-hybridized carbons (Fsp3) is 0.273. The van der Waals surface area contributed by atoms with Crippen molar-refractivity contribution in [2.24, 2.45) is 17.4 Å². The van der Waals surface area contributed by atoms with Crippen LogP contribution < -0.4 is 16.8 Å². The van der Waals surface area contributed by atoms with Gasteiger partial charge in [0.05, 0.1) is 51.4 Å². The second-order valence-corrected chi connectivity index (χ2v) is 10.5. The molecule has 10 nitrogen and oxygen atoms in total. The molecule has 1 aliphatic rings. The number of carbonyl (C=O) groups is 2. The van der Waals surface area contributed by atoms with Crippen LogP contribution in [0.15, 0.2) is 45.9 Å². The molecule has 2 atom stereocenters. The van der Waals surface area contributed by atoms with Gasteiger partial charge in [0.2, 0.25) is 0 Å². The number of nitrogens with zero attached hydrogens (tertiary/aromatic N) is 4. The van der Waals surface area contributed by atoms with E-state index in [1.54, 1.807) is 27.5 Å². The maximum Gasteiger partial charge on any atom is 0.252 e. The van der Waals surface area contributed by atoms with Gasteiger partial charge in [0.1, 0.15) is 0 Å². The molecule has 13 heteroatoms. The van der Waals surface area contributed by atoms with Crippen LogP contribution in [-0.2, 0) is 0 Å². The van der Waals surface area contributed by atoms with Crippen LogP contribution in [0.5, 0.6) is 0 Å². The number of halogens is 3. The van der Waals surface area contributed by atoms with E-state index >= 15 is 0 Å². The average Bonchev–Trinajstić information content (AvgIpc) is 3.46. The third-order valence-corrected chi connectivity index (χ3v) is 6.93. The van der Waals surface area contributed by atoms with Gasteiger partial charge in [0.25, 0.3) is 11.8 Å². The third-order valence-electron chi connectivity index (χ3n) is 5.66. The number of nitrogens with one attached hydrogen (secondary N) is 1. The van der Waals surface area contributed by atoms with Gasteiger partial charge in [-0.3, -0.25) is 9.59 Å². The van der Waals surface area contributed by atoms with E-state index in [9.17, 15) is 14.7 Å². The largest absolute Gasteiger partial charge is 0.391 e. The van der Waals surface area contributed by atoms with Crippen molar-refractivity contribution < 1.29 is 14.7 Å². The number of carbonyl (C=O) groups excluding carboxylic acids is 2. The molecule has 0 radical (unpaired) electrons. The Hall–Kier alpha value is -2.67. The highest BCUT2D eigenvalue weighted by molar-refractivity contribution is 9.10. The summed E-state index contributed by atoms with van der Waals surface area (Å²) in [6, 6.07) is 3.45. The van der Waals surface area contributed by atoms with Crippen molar-refractivity contribution in [2.75, 3.05) is 5.32 Å². The fourth-order valence-corrected chi connectivity index (χ4v) is 4.79. The van der Waals surface area contributed by atoms with Crippen molar-refractivity contribution in [2.45, 2.75) is 31.9 Å². The second-order valence-electron chi connectivity index (χ2n) is 8.27. The van der Waals surface area contributed by atoms with E-state index in [1.807, 2.05) is 13.0 Å². The highest BCUT2D eigenvalue weighted by atomic mass is 79.9. The Kier molecular flexibility index (Phi) is 7.36. The van der Waals surface area contributed by atoms with Gasteiger partial charge in [0.15, 0.2) is 0 Å². The predicted octanol–water partition coefficient (Wildman–Crippen LogP) is 3.62. The first kappa shape index (κ1) is 25.4. The topological polar surface area (TPSA) is 153 Å². The second kappa shape index (κ2) is 10.1. The molecular formula is C22H22Br2ClN7O3. The molecule has 4 aromatic rings. The minimum atomic E-state index is -0.581. The normalized spacial score (nSPS) is 14.9. The first-order valence-electron chi connectivity index (χ1n) is 10.6. The Bertz CT molecular complexity index is 1430. The zero-order valence-corrected chi connectivity index (χ0v) is 22.4. The summed E-state index contributed by atoms with van der Waals surface area (Å²) in [5, 5.41) is 21.9. The molecule has 5 rings (SSSR count). The van der Waals surface area contributed by atoms with Crippen molar-refractivity contribution in [3.05, 3.63) is 62.0 Å². The first-order chi connectivity index (χ1) is 16.6. The molecule has 0 aliphatic heterocycles. The molecule has 0 saturated heterocycles. The monoisotopic (exact) mass is 625 g/mol. The Labute approximate surface area is 221 Å². The molecule has 4 heterocycles. The molecule has 2 amide bonds. The van der Waals surface area contributed by atoms with Gasteiger partial charge in [-0.05, 0) is 69.7 Å². The molecule has 1 aliphatic carbocycles. The molecule has 0 bridgehead atoms. The maximum absolute atomic E-state index is 11.6. The summed E-state index contributed by atoms with van der Waals surface area (Å²) < 4.78 is 4.93. The Morgan fingerprint density at radius 2 is 1.57 bits per heavy atom. The van der Waals surface area contributed by atoms with Gasteiger partial charge < -0.3 is 21.9 Å². The van der Waals surface area contributed by atoms with Crippen LogP contribution in [0.25, 0.3) is 11.0 Å². The number of hydrogen-bond donors (Lipinski definition) is 4. The number of nitrogens with two attached hydrogens (primary N) is 2. The standard InChI is InChI=1S/C14H17BrN4O2.C8H5BrClN3O/c1-7(13(20)8-2-3-8)18-12-10(14(16)21)5-17-19-6-9(15)4-11(12)19;9-4-1-6-7(10)5(8(11)14)2-12-13(6)3-4/h4-8,13,18,20H,2-3H2,1H3,(H2,16,21);1-3H,(H2,11,14)/t7-,13?;/m1./s1. The zero-order chi connectivity index (χ0) is 25.4. The summed E-state index contributed by atoms with van der Waals surface area (Å²) in [6.07, 6.45) is 8.01. The van der Waals surface area contributed by atoms with Crippen LogP contribution in [-0.4, -0.2) is 48.3 Å². The molecule has 1 fully saturated rings. The van der Waals surface area contributed by atoms with Gasteiger partial charge in [-0.1, -0.05) is 11.6 Å².